The van der Waals surface area contributed by atoms with Crippen molar-refractivity contribution in [1.82, 2.24) is 4.98 Å². The summed E-state index contributed by atoms with van der Waals surface area (Å²) in [6.07, 6.45) is 0. The minimum absolute atomic E-state index is 0.854. The maximum atomic E-state index is 6.48. The number of aromatic nitrogens is 1. The summed E-state index contributed by atoms with van der Waals surface area (Å²) in [5.41, 5.74) is 11.0. The van der Waals surface area contributed by atoms with E-state index in [1.165, 1.54) is 20.2 Å². The Hall–Kier alpha value is -6.73. The van der Waals surface area contributed by atoms with Crippen LogP contribution in [0.5, 0.6) is 0 Å². The molecule has 0 N–H and O–H groups in total. The van der Waals surface area contributed by atoms with Gasteiger partial charge < -0.3 is 13.7 Å². The summed E-state index contributed by atoms with van der Waals surface area (Å²) in [6.45, 7) is 0. The highest BCUT2D eigenvalue weighted by molar-refractivity contribution is 7.25. The summed E-state index contributed by atoms with van der Waals surface area (Å²) in [5.74, 6) is 0. The average Bonchev–Trinajstić information content (AvgIpc) is 4.02. The van der Waals surface area contributed by atoms with E-state index in [0.717, 1.165) is 92.9 Å². The van der Waals surface area contributed by atoms with Crippen LogP contribution < -0.4 is 4.90 Å². The van der Waals surface area contributed by atoms with E-state index in [1.54, 1.807) is 11.3 Å². The van der Waals surface area contributed by atoms with Crippen molar-refractivity contribution in [3.8, 4) is 21.7 Å². The van der Waals surface area contributed by atoms with E-state index in [-0.39, 0.29) is 0 Å². The van der Waals surface area contributed by atoms with Crippen LogP contribution in [0.25, 0.3) is 96.0 Å². The Morgan fingerprint density at radius 2 is 1.04 bits per heavy atom. The fourth-order valence-corrected chi connectivity index (χ4v) is 10.2. The molecule has 4 aromatic heterocycles. The van der Waals surface area contributed by atoms with Gasteiger partial charge in [0.15, 0.2) is 0 Å². The summed E-state index contributed by atoms with van der Waals surface area (Å²) in [7, 11) is 0. The van der Waals surface area contributed by atoms with Crippen LogP contribution in [0.15, 0.2) is 179 Å². The topological polar surface area (TPSA) is 42.4 Å². The van der Waals surface area contributed by atoms with Crippen molar-refractivity contribution in [1.29, 1.82) is 0 Å². The second kappa shape index (κ2) is 11.9. The lowest BCUT2D eigenvalue weighted by Crippen LogP contribution is -2.09. The van der Waals surface area contributed by atoms with Gasteiger partial charge in [-0.1, -0.05) is 84.9 Å². The molecule has 0 aliphatic carbocycles. The molecule has 0 bridgehead atoms. The van der Waals surface area contributed by atoms with Gasteiger partial charge in [-0.25, -0.2) is 4.98 Å². The second-order valence-electron chi connectivity index (χ2n) is 13.9. The maximum Gasteiger partial charge on any atom is 0.137 e. The zero-order chi connectivity index (χ0) is 36.0. The van der Waals surface area contributed by atoms with Gasteiger partial charge in [0.2, 0.25) is 0 Å². The van der Waals surface area contributed by atoms with Crippen LogP contribution >= 0.6 is 22.7 Å². The van der Waals surface area contributed by atoms with E-state index >= 15 is 0 Å². The van der Waals surface area contributed by atoms with Gasteiger partial charge >= 0.3 is 0 Å². The number of nitrogens with zero attached hydrogens (tertiary/aromatic N) is 2. The number of furan rings is 2. The molecule has 0 radical (unpaired) electrons. The van der Waals surface area contributed by atoms with Gasteiger partial charge in [0.25, 0.3) is 0 Å². The number of hydrogen-bond donors (Lipinski definition) is 0. The first kappa shape index (κ1) is 30.7. The van der Waals surface area contributed by atoms with Crippen molar-refractivity contribution in [3.05, 3.63) is 170 Å². The number of thiophene rings is 1. The number of thiazole rings is 1. The van der Waals surface area contributed by atoms with Gasteiger partial charge in [0.1, 0.15) is 27.3 Å². The molecule has 4 heterocycles. The van der Waals surface area contributed by atoms with Crippen LogP contribution in [0, 0.1) is 0 Å². The molecular weight excluding hydrogens is 713 g/mol. The molecule has 8 aromatic carbocycles. The average molecular weight is 741 g/mol. The fraction of sp³-hybridized carbons (Fsp3) is 0. The molecule has 0 amide bonds. The molecule has 0 saturated carbocycles. The monoisotopic (exact) mass is 740 g/mol. The molecule has 0 aliphatic rings. The van der Waals surface area contributed by atoms with Crippen molar-refractivity contribution in [2.75, 3.05) is 4.90 Å². The largest absolute Gasteiger partial charge is 0.456 e. The highest BCUT2D eigenvalue weighted by Crippen LogP contribution is 2.44. The standard InChI is InChI=1S/C49H28N2O2S2/c1-2-8-30(9-3-1)49-50-48-46(55-49)25-23-41-47(48)38-21-16-31(26-42(38)53-41)29-14-17-32(18-15-29)51(33-20-24-45-39(27-33)37-11-5-7-13-44(37)54-45)34-19-22-36-35-10-4-6-12-40(35)52-43(36)28-34/h1-28H. The maximum absolute atomic E-state index is 6.48. The van der Waals surface area contributed by atoms with Crippen molar-refractivity contribution < 1.29 is 8.83 Å². The molecular formula is C49H28N2O2S2. The number of rotatable bonds is 5. The van der Waals surface area contributed by atoms with E-state index in [0.29, 0.717) is 0 Å². The van der Waals surface area contributed by atoms with Crippen LogP contribution in [-0.4, -0.2) is 4.98 Å². The second-order valence-corrected chi connectivity index (χ2v) is 16.0. The first-order chi connectivity index (χ1) is 27.2. The summed E-state index contributed by atoms with van der Waals surface area (Å²) in [4.78, 5) is 7.42. The highest BCUT2D eigenvalue weighted by atomic mass is 32.1. The predicted molar refractivity (Wildman–Crippen MR) is 233 cm³/mol. The number of benzene rings is 8. The molecule has 0 fully saturated rings. The van der Waals surface area contributed by atoms with Crippen LogP contribution in [0.3, 0.4) is 0 Å². The Balaban J connectivity index is 0.961. The van der Waals surface area contributed by atoms with Crippen molar-refractivity contribution >= 4 is 114 Å². The molecule has 0 spiro atoms. The van der Waals surface area contributed by atoms with E-state index in [2.05, 4.69) is 157 Å². The first-order valence-corrected chi connectivity index (χ1v) is 19.9. The summed E-state index contributed by atoms with van der Waals surface area (Å²) >= 11 is 3.55. The molecule has 12 aromatic rings. The molecule has 258 valence electrons. The third-order valence-corrected chi connectivity index (χ3v) is 12.9. The molecule has 0 saturated heterocycles. The highest BCUT2D eigenvalue weighted by Gasteiger charge is 2.19. The van der Waals surface area contributed by atoms with E-state index in [4.69, 9.17) is 13.8 Å². The Labute approximate surface area is 322 Å². The molecule has 55 heavy (non-hydrogen) atoms. The van der Waals surface area contributed by atoms with Crippen LogP contribution in [0.2, 0.25) is 0 Å². The smallest absolute Gasteiger partial charge is 0.137 e. The van der Waals surface area contributed by atoms with E-state index in [1.807, 2.05) is 29.5 Å². The van der Waals surface area contributed by atoms with Gasteiger partial charge in [-0.05, 0) is 90.0 Å². The van der Waals surface area contributed by atoms with Gasteiger partial charge in [0, 0.05) is 65.0 Å². The van der Waals surface area contributed by atoms with Crippen molar-refractivity contribution in [2.24, 2.45) is 0 Å². The normalized spacial score (nSPS) is 12.0. The zero-order valence-electron chi connectivity index (χ0n) is 29.2. The zero-order valence-corrected chi connectivity index (χ0v) is 30.8. The lowest BCUT2D eigenvalue weighted by Gasteiger charge is -2.26. The van der Waals surface area contributed by atoms with Crippen molar-refractivity contribution in [3.63, 3.8) is 0 Å². The van der Waals surface area contributed by atoms with E-state index in [9.17, 15) is 0 Å². The molecule has 4 nitrogen and oxygen atoms in total. The lowest BCUT2D eigenvalue weighted by atomic mass is 10.0. The van der Waals surface area contributed by atoms with Crippen molar-refractivity contribution in [2.45, 2.75) is 0 Å². The minimum atomic E-state index is 0.854. The summed E-state index contributed by atoms with van der Waals surface area (Å²) < 4.78 is 16.6. The summed E-state index contributed by atoms with van der Waals surface area (Å²) in [6, 6.07) is 60.2. The first-order valence-electron chi connectivity index (χ1n) is 18.3. The minimum Gasteiger partial charge on any atom is -0.456 e. The van der Waals surface area contributed by atoms with Crippen LogP contribution in [0.4, 0.5) is 17.1 Å². The predicted octanol–water partition coefficient (Wildman–Crippen LogP) is 15.3. The Bertz CT molecular complexity index is 3440. The molecule has 0 unspecified atom stereocenters. The molecule has 6 heteroatoms. The van der Waals surface area contributed by atoms with Gasteiger partial charge in [-0.2, -0.15) is 0 Å². The van der Waals surface area contributed by atoms with Gasteiger partial charge in [0.05, 0.1) is 15.6 Å². The fourth-order valence-electron chi connectivity index (χ4n) is 8.09. The number of anilines is 3. The third-order valence-electron chi connectivity index (χ3n) is 10.7. The Kier molecular flexibility index (Phi) is 6.64. The lowest BCUT2D eigenvalue weighted by molar-refractivity contribution is 0.668. The number of hydrogen-bond acceptors (Lipinski definition) is 6. The van der Waals surface area contributed by atoms with Crippen LogP contribution in [0.1, 0.15) is 0 Å². The number of para-hydroxylation sites is 1. The van der Waals surface area contributed by atoms with E-state index < -0.39 is 0 Å². The third kappa shape index (κ3) is 4.85. The SMILES string of the molecule is c1ccc(-c2nc3c(ccc4oc5cc(-c6ccc(N(c7ccc8c(c7)oc7ccccc78)c7ccc8sc9ccccc9c8c7)cc6)ccc5c43)s2)cc1. The van der Waals surface area contributed by atoms with Crippen LogP contribution in [-0.2, 0) is 0 Å². The van der Waals surface area contributed by atoms with Gasteiger partial charge in [-0.3, -0.25) is 0 Å². The Morgan fingerprint density at radius 1 is 0.382 bits per heavy atom. The number of fused-ring (bicyclic) bond motifs is 11. The molecule has 0 aliphatic heterocycles. The Morgan fingerprint density at radius 3 is 1.95 bits per heavy atom. The molecule has 12 rings (SSSR count). The molecule has 0 atom stereocenters. The quantitative estimate of drug-likeness (QED) is 0.176. The van der Waals surface area contributed by atoms with Gasteiger partial charge in [-0.15, -0.1) is 22.7 Å². The summed E-state index contributed by atoms with van der Waals surface area (Å²) in [5, 5.41) is 7.94.